The van der Waals surface area contributed by atoms with Crippen molar-refractivity contribution in [1.82, 2.24) is 14.8 Å². The van der Waals surface area contributed by atoms with Crippen LogP contribution in [0.1, 0.15) is 31.9 Å². The van der Waals surface area contributed by atoms with Gasteiger partial charge >= 0.3 is 0 Å². The fourth-order valence-corrected chi connectivity index (χ4v) is 3.61. The number of aromatic nitrogens is 3. The van der Waals surface area contributed by atoms with E-state index in [1.54, 1.807) is 6.07 Å². The second-order valence-corrected chi connectivity index (χ2v) is 8.39. The Balaban J connectivity index is 1.74. The van der Waals surface area contributed by atoms with E-state index >= 15 is 0 Å². The molecule has 2 aromatic carbocycles. The summed E-state index contributed by atoms with van der Waals surface area (Å²) in [5.41, 5.74) is 3.30. The van der Waals surface area contributed by atoms with Crippen LogP contribution >= 0.6 is 11.8 Å². The molecule has 0 spiro atoms. The molecule has 3 aromatic rings. The van der Waals surface area contributed by atoms with Gasteiger partial charge in [-0.25, -0.2) is 4.39 Å². The van der Waals surface area contributed by atoms with Crippen LogP contribution in [0.5, 0.6) is 5.75 Å². The Kier molecular flexibility index (Phi) is 5.56. The van der Waals surface area contributed by atoms with E-state index in [1.807, 2.05) is 17.7 Å². The zero-order valence-corrected chi connectivity index (χ0v) is 17.1. The van der Waals surface area contributed by atoms with Gasteiger partial charge in [0.1, 0.15) is 0 Å². The highest BCUT2D eigenvalue weighted by molar-refractivity contribution is 7.98. The highest BCUT2D eigenvalue weighted by Gasteiger charge is 2.15. The number of hydrogen-bond donors (Lipinski definition) is 0. The van der Waals surface area contributed by atoms with E-state index in [0.717, 1.165) is 22.1 Å². The molecule has 0 fully saturated rings. The molecule has 142 valence electrons. The van der Waals surface area contributed by atoms with E-state index in [9.17, 15) is 4.39 Å². The summed E-state index contributed by atoms with van der Waals surface area (Å²) in [6.45, 7) is 6.59. The van der Waals surface area contributed by atoms with Gasteiger partial charge in [-0.2, -0.15) is 0 Å². The Bertz CT molecular complexity index is 930. The predicted octanol–water partition coefficient (Wildman–Crippen LogP) is 5.22. The Morgan fingerprint density at radius 3 is 2.37 bits per heavy atom. The van der Waals surface area contributed by atoms with E-state index in [1.165, 1.54) is 30.5 Å². The summed E-state index contributed by atoms with van der Waals surface area (Å²) in [4.78, 5) is 0. The van der Waals surface area contributed by atoms with Gasteiger partial charge in [0.2, 0.25) is 0 Å². The molecule has 0 atom stereocenters. The number of thioether (sulfide) groups is 1. The van der Waals surface area contributed by atoms with Crippen LogP contribution in [0, 0.1) is 5.82 Å². The molecule has 1 heterocycles. The lowest BCUT2D eigenvalue weighted by Crippen LogP contribution is -2.10. The largest absolute Gasteiger partial charge is 0.494 e. The van der Waals surface area contributed by atoms with Gasteiger partial charge in [0.15, 0.2) is 22.5 Å². The van der Waals surface area contributed by atoms with Gasteiger partial charge in [0.05, 0.1) is 7.11 Å². The van der Waals surface area contributed by atoms with Gasteiger partial charge in [-0.15, -0.1) is 10.2 Å². The Morgan fingerprint density at radius 2 is 1.78 bits per heavy atom. The van der Waals surface area contributed by atoms with E-state index in [4.69, 9.17) is 4.74 Å². The Morgan fingerprint density at radius 1 is 1.07 bits per heavy atom. The monoisotopic (exact) mass is 385 g/mol. The molecule has 4 nitrogen and oxygen atoms in total. The van der Waals surface area contributed by atoms with Crippen molar-refractivity contribution in [2.24, 2.45) is 7.05 Å². The molecule has 6 heteroatoms. The van der Waals surface area contributed by atoms with Crippen LogP contribution in [0.25, 0.3) is 11.4 Å². The van der Waals surface area contributed by atoms with Gasteiger partial charge in [-0.3, -0.25) is 0 Å². The van der Waals surface area contributed by atoms with Crippen molar-refractivity contribution in [2.75, 3.05) is 7.11 Å². The summed E-state index contributed by atoms with van der Waals surface area (Å²) < 4.78 is 20.8. The maximum absolute atomic E-state index is 13.8. The summed E-state index contributed by atoms with van der Waals surface area (Å²) in [6, 6.07) is 13.4. The quantitative estimate of drug-likeness (QED) is 0.565. The maximum Gasteiger partial charge on any atom is 0.191 e. The summed E-state index contributed by atoms with van der Waals surface area (Å²) in [5.74, 6) is 1.33. The molecule has 0 bridgehead atoms. The zero-order chi connectivity index (χ0) is 19.6. The number of ether oxygens (including phenoxy) is 1. The Labute approximate surface area is 163 Å². The fourth-order valence-electron chi connectivity index (χ4n) is 2.76. The first-order valence-corrected chi connectivity index (χ1v) is 9.73. The summed E-state index contributed by atoms with van der Waals surface area (Å²) in [6.07, 6.45) is 0. The molecule has 0 aliphatic carbocycles. The van der Waals surface area contributed by atoms with Gasteiger partial charge in [-0.05, 0) is 28.7 Å². The third-order valence-corrected chi connectivity index (χ3v) is 5.52. The number of nitrogens with zero attached hydrogens (tertiary/aromatic N) is 3. The molecule has 0 N–H and O–H groups in total. The zero-order valence-electron chi connectivity index (χ0n) is 16.3. The van der Waals surface area contributed by atoms with Crippen LogP contribution in [-0.4, -0.2) is 21.9 Å². The summed E-state index contributed by atoms with van der Waals surface area (Å²) >= 11 is 1.53. The van der Waals surface area contributed by atoms with Crippen molar-refractivity contribution in [1.29, 1.82) is 0 Å². The van der Waals surface area contributed by atoms with Crippen LogP contribution in [0.2, 0.25) is 0 Å². The van der Waals surface area contributed by atoms with Crippen LogP contribution in [0.3, 0.4) is 0 Å². The minimum atomic E-state index is -0.354. The van der Waals surface area contributed by atoms with Crippen molar-refractivity contribution < 1.29 is 9.13 Å². The molecular weight excluding hydrogens is 361 g/mol. The highest BCUT2D eigenvalue weighted by Crippen LogP contribution is 2.28. The molecule has 0 saturated heterocycles. The molecular formula is C21H24FN3OS. The molecule has 0 aliphatic rings. The molecule has 0 aliphatic heterocycles. The van der Waals surface area contributed by atoms with Crippen molar-refractivity contribution in [2.45, 2.75) is 37.1 Å². The molecule has 0 radical (unpaired) electrons. The lowest BCUT2D eigenvalue weighted by atomic mass is 9.87. The van der Waals surface area contributed by atoms with Gasteiger partial charge in [0.25, 0.3) is 0 Å². The van der Waals surface area contributed by atoms with Gasteiger partial charge in [0, 0.05) is 18.4 Å². The van der Waals surface area contributed by atoms with Gasteiger partial charge < -0.3 is 9.30 Å². The van der Waals surface area contributed by atoms with Crippen molar-refractivity contribution >= 4 is 11.8 Å². The van der Waals surface area contributed by atoms with Crippen LogP contribution in [0.15, 0.2) is 47.6 Å². The van der Waals surface area contributed by atoms with E-state index in [0.29, 0.717) is 5.75 Å². The van der Waals surface area contributed by atoms with Crippen molar-refractivity contribution in [3.8, 4) is 17.1 Å². The lowest BCUT2D eigenvalue weighted by Gasteiger charge is -2.19. The molecule has 0 saturated carbocycles. The molecule has 1 aromatic heterocycles. The first-order valence-electron chi connectivity index (χ1n) is 8.75. The first kappa shape index (κ1) is 19.4. The van der Waals surface area contributed by atoms with E-state index in [2.05, 4.69) is 55.2 Å². The molecule has 27 heavy (non-hydrogen) atoms. The van der Waals surface area contributed by atoms with Crippen molar-refractivity contribution in [3.63, 3.8) is 0 Å². The third-order valence-electron chi connectivity index (χ3n) is 4.43. The lowest BCUT2D eigenvalue weighted by molar-refractivity contribution is 0.386. The summed E-state index contributed by atoms with van der Waals surface area (Å²) in [5, 5.41) is 9.42. The normalized spacial score (nSPS) is 11.6. The SMILES string of the molecule is COc1ccc(CSc2nnc(-c3ccc(C(C)(C)C)cc3)n2C)cc1F. The molecule has 0 unspecified atom stereocenters. The predicted molar refractivity (Wildman–Crippen MR) is 108 cm³/mol. The number of benzene rings is 2. The fraction of sp³-hybridized carbons (Fsp3) is 0.333. The average molecular weight is 386 g/mol. The highest BCUT2D eigenvalue weighted by atomic mass is 32.2. The standard InChI is InChI=1S/C21H24FN3OS/c1-21(2,3)16-9-7-15(8-10-16)19-23-24-20(25(19)4)27-13-14-6-11-18(26-5)17(22)12-14/h6-12H,13H2,1-5H3. The smallest absolute Gasteiger partial charge is 0.191 e. The number of hydrogen-bond acceptors (Lipinski definition) is 4. The number of methoxy groups -OCH3 is 1. The van der Waals surface area contributed by atoms with Crippen LogP contribution in [0.4, 0.5) is 4.39 Å². The number of halogens is 1. The van der Waals surface area contributed by atoms with E-state index < -0.39 is 0 Å². The molecule has 3 rings (SSSR count). The topological polar surface area (TPSA) is 39.9 Å². The Hall–Kier alpha value is -2.34. The van der Waals surface area contributed by atoms with Crippen LogP contribution < -0.4 is 4.74 Å². The first-order chi connectivity index (χ1) is 12.8. The number of rotatable bonds is 5. The van der Waals surface area contributed by atoms with Crippen molar-refractivity contribution in [3.05, 3.63) is 59.4 Å². The summed E-state index contributed by atoms with van der Waals surface area (Å²) in [7, 11) is 3.41. The third kappa shape index (κ3) is 4.33. The average Bonchev–Trinajstić information content (AvgIpc) is 3.00. The van der Waals surface area contributed by atoms with Crippen LogP contribution in [-0.2, 0) is 18.2 Å². The second-order valence-electron chi connectivity index (χ2n) is 7.45. The minimum absolute atomic E-state index is 0.118. The van der Waals surface area contributed by atoms with Gasteiger partial charge in [-0.1, -0.05) is 62.9 Å². The van der Waals surface area contributed by atoms with E-state index in [-0.39, 0.29) is 17.0 Å². The minimum Gasteiger partial charge on any atom is -0.494 e. The molecule has 0 amide bonds. The second kappa shape index (κ2) is 7.72. The maximum atomic E-state index is 13.8.